The number of hydrogen-bond donors (Lipinski definition) is 1. The fourth-order valence-corrected chi connectivity index (χ4v) is 1.67. The maximum absolute atomic E-state index is 11.4. The first-order valence-electron chi connectivity index (χ1n) is 5.90. The van der Waals surface area contributed by atoms with Gasteiger partial charge in [0, 0.05) is 6.04 Å². The van der Waals surface area contributed by atoms with Crippen LogP contribution in [0, 0.1) is 5.92 Å². The average molecular weight is 215 g/mol. The van der Waals surface area contributed by atoms with Gasteiger partial charge in [0.1, 0.15) is 0 Å². The van der Waals surface area contributed by atoms with Crippen molar-refractivity contribution in [1.82, 2.24) is 0 Å². The highest BCUT2D eigenvalue weighted by atomic mass is 16.5. The summed E-state index contributed by atoms with van der Waals surface area (Å²) in [7, 11) is 0. The lowest BCUT2D eigenvalue weighted by molar-refractivity contribution is -0.149. The van der Waals surface area contributed by atoms with E-state index in [9.17, 15) is 4.79 Å². The topological polar surface area (TPSA) is 52.3 Å². The molecule has 0 saturated heterocycles. The molecule has 2 atom stereocenters. The summed E-state index contributed by atoms with van der Waals surface area (Å²) in [5.74, 6) is 0.390. The Morgan fingerprint density at radius 3 is 2.40 bits per heavy atom. The summed E-state index contributed by atoms with van der Waals surface area (Å²) >= 11 is 0. The van der Waals surface area contributed by atoms with Gasteiger partial charge in [0.15, 0.2) is 0 Å². The monoisotopic (exact) mass is 215 g/mol. The van der Waals surface area contributed by atoms with Gasteiger partial charge in [0.25, 0.3) is 0 Å². The van der Waals surface area contributed by atoms with Crippen molar-refractivity contribution in [2.45, 2.75) is 65.5 Å². The molecule has 0 heterocycles. The van der Waals surface area contributed by atoms with E-state index in [0.717, 1.165) is 19.3 Å². The van der Waals surface area contributed by atoms with Crippen LogP contribution in [0.3, 0.4) is 0 Å². The van der Waals surface area contributed by atoms with Gasteiger partial charge in [-0.3, -0.25) is 4.79 Å². The van der Waals surface area contributed by atoms with Crippen molar-refractivity contribution < 1.29 is 9.53 Å². The molecule has 0 bridgehead atoms. The van der Waals surface area contributed by atoms with Gasteiger partial charge < -0.3 is 10.5 Å². The largest absolute Gasteiger partial charge is 0.463 e. The van der Waals surface area contributed by atoms with Crippen LogP contribution < -0.4 is 5.73 Å². The van der Waals surface area contributed by atoms with Crippen LogP contribution >= 0.6 is 0 Å². The molecular formula is C12H25NO2. The van der Waals surface area contributed by atoms with Gasteiger partial charge >= 0.3 is 5.97 Å². The number of ether oxygens (including phenoxy) is 1. The SMILES string of the molecule is CCCC(N)CC(=O)OC(C)CC(C)C. The van der Waals surface area contributed by atoms with Gasteiger partial charge in [-0.2, -0.15) is 0 Å². The van der Waals surface area contributed by atoms with Gasteiger partial charge in [0.2, 0.25) is 0 Å². The molecule has 3 heteroatoms. The number of esters is 1. The van der Waals surface area contributed by atoms with Crippen molar-refractivity contribution in [2.24, 2.45) is 11.7 Å². The third-order valence-corrected chi connectivity index (χ3v) is 2.22. The Labute approximate surface area is 93.4 Å². The molecule has 90 valence electrons. The number of carbonyl (C=O) groups excluding carboxylic acids is 1. The summed E-state index contributed by atoms with van der Waals surface area (Å²) in [6.45, 7) is 8.23. The maximum Gasteiger partial charge on any atom is 0.307 e. The van der Waals surface area contributed by atoms with Crippen LogP contribution in [0.2, 0.25) is 0 Å². The lowest BCUT2D eigenvalue weighted by Gasteiger charge is -2.16. The first-order chi connectivity index (χ1) is 6.95. The van der Waals surface area contributed by atoms with Gasteiger partial charge in [-0.25, -0.2) is 0 Å². The molecule has 0 aliphatic carbocycles. The molecule has 15 heavy (non-hydrogen) atoms. The Balaban J connectivity index is 3.72. The molecular weight excluding hydrogens is 190 g/mol. The van der Waals surface area contributed by atoms with Crippen molar-refractivity contribution in [1.29, 1.82) is 0 Å². The molecule has 0 aromatic heterocycles. The molecule has 3 nitrogen and oxygen atoms in total. The number of nitrogens with two attached hydrogens (primary N) is 1. The number of carbonyl (C=O) groups is 1. The molecule has 0 radical (unpaired) electrons. The van der Waals surface area contributed by atoms with Gasteiger partial charge in [0.05, 0.1) is 12.5 Å². The van der Waals surface area contributed by atoms with E-state index in [0.29, 0.717) is 12.3 Å². The Hall–Kier alpha value is -0.570. The molecule has 0 saturated carbocycles. The van der Waals surface area contributed by atoms with Crippen LogP contribution in [-0.2, 0) is 9.53 Å². The zero-order valence-corrected chi connectivity index (χ0v) is 10.5. The molecule has 0 amide bonds. The average Bonchev–Trinajstić information content (AvgIpc) is 2.00. The van der Waals surface area contributed by atoms with Crippen LogP contribution in [0.4, 0.5) is 0 Å². The highest BCUT2D eigenvalue weighted by Crippen LogP contribution is 2.09. The van der Waals surface area contributed by atoms with E-state index in [4.69, 9.17) is 10.5 Å². The third kappa shape index (κ3) is 8.43. The van der Waals surface area contributed by atoms with E-state index in [-0.39, 0.29) is 18.1 Å². The molecule has 0 spiro atoms. The van der Waals surface area contributed by atoms with Gasteiger partial charge in [-0.15, -0.1) is 0 Å². The predicted molar refractivity (Wildman–Crippen MR) is 62.5 cm³/mol. The molecule has 0 rings (SSSR count). The quantitative estimate of drug-likeness (QED) is 0.664. The first kappa shape index (κ1) is 14.4. The maximum atomic E-state index is 11.4. The van der Waals surface area contributed by atoms with Crippen LogP contribution in [0.15, 0.2) is 0 Å². The Bertz CT molecular complexity index is 180. The normalized spacial score (nSPS) is 15.1. The minimum absolute atomic E-state index is 0.00586. The van der Waals surface area contributed by atoms with Crippen molar-refractivity contribution in [3.05, 3.63) is 0 Å². The summed E-state index contributed by atoms with van der Waals surface area (Å²) in [6, 6.07) is -0.0475. The molecule has 0 aliphatic heterocycles. The summed E-state index contributed by atoms with van der Waals surface area (Å²) in [6.07, 6.45) is 3.15. The van der Waals surface area contributed by atoms with Gasteiger partial charge in [-0.1, -0.05) is 27.2 Å². The Morgan fingerprint density at radius 1 is 1.33 bits per heavy atom. The summed E-state index contributed by atoms with van der Waals surface area (Å²) in [4.78, 5) is 11.4. The third-order valence-electron chi connectivity index (χ3n) is 2.22. The minimum atomic E-state index is -0.163. The second kappa shape index (κ2) is 7.69. The van der Waals surface area contributed by atoms with Crippen LogP contribution in [0.5, 0.6) is 0 Å². The van der Waals surface area contributed by atoms with Crippen molar-refractivity contribution in [3.8, 4) is 0 Å². The fourth-order valence-electron chi connectivity index (χ4n) is 1.67. The highest BCUT2D eigenvalue weighted by molar-refractivity contribution is 5.70. The molecule has 2 unspecified atom stereocenters. The summed E-state index contributed by atoms with van der Waals surface area (Å²) in [5.41, 5.74) is 5.76. The van der Waals surface area contributed by atoms with E-state index >= 15 is 0 Å². The molecule has 0 aromatic carbocycles. The zero-order valence-electron chi connectivity index (χ0n) is 10.5. The van der Waals surface area contributed by atoms with E-state index in [2.05, 4.69) is 20.8 Å². The van der Waals surface area contributed by atoms with Crippen molar-refractivity contribution in [2.75, 3.05) is 0 Å². The van der Waals surface area contributed by atoms with E-state index in [1.165, 1.54) is 0 Å². The van der Waals surface area contributed by atoms with Crippen LogP contribution in [0.25, 0.3) is 0 Å². The molecule has 0 fully saturated rings. The second-order valence-corrected chi connectivity index (χ2v) is 4.68. The second-order valence-electron chi connectivity index (χ2n) is 4.68. The number of hydrogen-bond acceptors (Lipinski definition) is 3. The molecule has 0 aliphatic rings. The summed E-state index contributed by atoms with van der Waals surface area (Å²) in [5, 5.41) is 0. The predicted octanol–water partition coefficient (Wildman–Crippen LogP) is 2.48. The summed E-state index contributed by atoms with van der Waals surface area (Å²) < 4.78 is 5.26. The molecule has 0 aromatic rings. The Morgan fingerprint density at radius 2 is 1.93 bits per heavy atom. The first-order valence-corrected chi connectivity index (χ1v) is 5.90. The smallest absolute Gasteiger partial charge is 0.307 e. The lowest BCUT2D eigenvalue weighted by Crippen LogP contribution is -2.26. The zero-order chi connectivity index (χ0) is 11.8. The van der Waals surface area contributed by atoms with Crippen molar-refractivity contribution in [3.63, 3.8) is 0 Å². The Kier molecular flexibility index (Phi) is 7.39. The van der Waals surface area contributed by atoms with E-state index in [1.54, 1.807) is 0 Å². The molecule has 2 N–H and O–H groups in total. The van der Waals surface area contributed by atoms with Crippen molar-refractivity contribution >= 4 is 5.97 Å². The van der Waals surface area contributed by atoms with Gasteiger partial charge in [-0.05, 0) is 25.7 Å². The van der Waals surface area contributed by atoms with E-state index < -0.39 is 0 Å². The minimum Gasteiger partial charge on any atom is -0.463 e. The highest BCUT2D eigenvalue weighted by Gasteiger charge is 2.14. The fraction of sp³-hybridized carbons (Fsp3) is 0.917. The van der Waals surface area contributed by atoms with Crippen LogP contribution in [-0.4, -0.2) is 18.1 Å². The lowest BCUT2D eigenvalue weighted by atomic mass is 10.1. The standard InChI is InChI=1S/C12H25NO2/c1-5-6-11(13)8-12(14)15-10(4)7-9(2)3/h9-11H,5-8,13H2,1-4H3. The van der Waals surface area contributed by atoms with Crippen LogP contribution in [0.1, 0.15) is 53.4 Å². The number of rotatable bonds is 7. The van der Waals surface area contributed by atoms with E-state index in [1.807, 2.05) is 6.92 Å².